The number of hydrogen-bond donors (Lipinski definition) is 1. The molecule has 0 aromatic heterocycles. The first-order valence-corrected chi connectivity index (χ1v) is 6.36. The fraction of sp³-hybridized carbons (Fsp3) is 0.600. The number of hydrogen-bond acceptors (Lipinski definition) is 1. The van der Waals surface area contributed by atoms with Crippen LogP contribution in [0.25, 0.3) is 0 Å². The average molecular weight is 220 g/mol. The summed E-state index contributed by atoms with van der Waals surface area (Å²) < 4.78 is 0. The summed E-state index contributed by atoms with van der Waals surface area (Å²) in [6.45, 7) is 6.52. The van der Waals surface area contributed by atoms with Crippen molar-refractivity contribution in [2.24, 2.45) is 5.92 Å². The van der Waals surface area contributed by atoms with Gasteiger partial charge in [-0.3, -0.25) is 0 Å². The molecule has 0 fully saturated rings. The van der Waals surface area contributed by atoms with Gasteiger partial charge in [0.15, 0.2) is 0 Å². The maximum atomic E-state index is 9.90. The molecule has 1 rings (SSSR count). The molecule has 2 unspecified atom stereocenters. The van der Waals surface area contributed by atoms with E-state index in [4.69, 9.17) is 0 Å². The predicted octanol–water partition coefficient (Wildman–Crippen LogP) is 3.72. The monoisotopic (exact) mass is 220 g/mol. The molecule has 1 heteroatoms. The first-order valence-electron chi connectivity index (χ1n) is 6.36. The lowest BCUT2D eigenvalue weighted by molar-refractivity contribution is 0.135. The largest absolute Gasteiger partial charge is 0.393 e. The van der Waals surface area contributed by atoms with Gasteiger partial charge in [0.2, 0.25) is 0 Å². The standard InChI is InChI=1S/C15H24O/c1-4-12(2)11-15(16)10-9-14-8-6-5-7-13(14)3/h5-8,12,15-16H,4,9-11H2,1-3H3. The lowest BCUT2D eigenvalue weighted by atomic mass is 9.96. The maximum Gasteiger partial charge on any atom is 0.0546 e. The SMILES string of the molecule is CCC(C)CC(O)CCc1ccccc1C. The van der Waals surface area contributed by atoms with Crippen LogP contribution >= 0.6 is 0 Å². The Balaban J connectivity index is 2.37. The first kappa shape index (κ1) is 13.2. The molecule has 1 aromatic carbocycles. The number of benzene rings is 1. The highest BCUT2D eigenvalue weighted by molar-refractivity contribution is 5.25. The van der Waals surface area contributed by atoms with Gasteiger partial charge in [-0.25, -0.2) is 0 Å². The summed E-state index contributed by atoms with van der Waals surface area (Å²) in [6, 6.07) is 8.43. The van der Waals surface area contributed by atoms with Gasteiger partial charge in [-0.15, -0.1) is 0 Å². The number of aryl methyl sites for hydroxylation is 2. The fourth-order valence-electron chi connectivity index (χ4n) is 1.96. The van der Waals surface area contributed by atoms with E-state index in [-0.39, 0.29) is 6.10 Å². The Morgan fingerprint density at radius 2 is 1.94 bits per heavy atom. The van der Waals surface area contributed by atoms with E-state index in [1.54, 1.807) is 0 Å². The summed E-state index contributed by atoms with van der Waals surface area (Å²) in [4.78, 5) is 0. The van der Waals surface area contributed by atoms with Gasteiger partial charge in [-0.2, -0.15) is 0 Å². The van der Waals surface area contributed by atoms with E-state index in [2.05, 4.69) is 45.0 Å². The van der Waals surface area contributed by atoms with Gasteiger partial charge in [-0.05, 0) is 43.2 Å². The van der Waals surface area contributed by atoms with Gasteiger partial charge in [0.05, 0.1) is 6.10 Å². The van der Waals surface area contributed by atoms with E-state index in [0.29, 0.717) is 5.92 Å². The van der Waals surface area contributed by atoms with Crippen LogP contribution in [0.4, 0.5) is 0 Å². The molecule has 0 radical (unpaired) electrons. The summed E-state index contributed by atoms with van der Waals surface area (Å²) in [5, 5.41) is 9.90. The lowest BCUT2D eigenvalue weighted by Gasteiger charge is -2.15. The molecule has 0 aliphatic carbocycles. The van der Waals surface area contributed by atoms with Gasteiger partial charge in [0.25, 0.3) is 0 Å². The van der Waals surface area contributed by atoms with Crippen LogP contribution in [-0.4, -0.2) is 11.2 Å². The molecule has 1 N–H and O–H groups in total. The second kappa shape index (κ2) is 6.70. The summed E-state index contributed by atoms with van der Waals surface area (Å²) in [6.07, 6.45) is 3.82. The zero-order valence-electron chi connectivity index (χ0n) is 10.7. The zero-order chi connectivity index (χ0) is 12.0. The minimum Gasteiger partial charge on any atom is -0.393 e. The average Bonchev–Trinajstić information content (AvgIpc) is 2.28. The van der Waals surface area contributed by atoms with Crippen molar-refractivity contribution in [2.45, 2.75) is 52.6 Å². The van der Waals surface area contributed by atoms with Crippen molar-refractivity contribution >= 4 is 0 Å². The molecule has 1 nitrogen and oxygen atoms in total. The number of aliphatic hydroxyl groups excluding tert-OH is 1. The van der Waals surface area contributed by atoms with Crippen molar-refractivity contribution in [2.75, 3.05) is 0 Å². The van der Waals surface area contributed by atoms with E-state index >= 15 is 0 Å². The highest BCUT2D eigenvalue weighted by atomic mass is 16.3. The Morgan fingerprint density at radius 1 is 1.25 bits per heavy atom. The third-order valence-electron chi connectivity index (χ3n) is 3.38. The zero-order valence-corrected chi connectivity index (χ0v) is 10.7. The van der Waals surface area contributed by atoms with E-state index in [9.17, 15) is 5.11 Å². The molecule has 0 spiro atoms. The second-order valence-corrected chi connectivity index (χ2v) is 4.87. The van der Waals surface area contributed by atoms with Crippen LogP contribution < -0.4 is 0 Å². The highest BCUT2D eigenvalue weighted by Crippen LogP contribution is 2.16. The van der Waals surface area contributed by atoms with Gasteiger partial charge < -0.3 is 5.11 Å². The molecular weight excluding hydrogens is 196 g/mol. The minimum absolute atomic E-state index is 0.144. The van der Waals surface area contributed by atoms with E-state index in [0.717, 1.165) is 25.7 Å². The molecule has 0 heterocycles. The molecule has 1 aromatic rings. The van der Waals surface area contributed by atoms with Crippen LogP contribution in [0.5, 0.6) is 0 Å². The predicted molar refractivity (Wildman–Crippen MR) is 69.6 cm³/mol. The summed E-state index contributed by atoms with van der Waals surface area (Å²) in [5.41, 5.74) is 2.70. The molecule has 90 valence electrons. The van der Waals surface area contributed by atoms with Crippen LogP contribution in [0, 0.1) is 12.8 Å². The molecule has 2 atom stereocenters. The van der Waals surface area contributed by atoms with Crippen molar-refractivity contribution in [3.63, 3.8) is 0 Å². The van der Waals surface area contributed by atoms with Crippen molar-refractivity contribution in [3.8, 4) is 0 Å². The lowest BCUT2D eigenvalue weighted by Crippen LogP contribution is -2.12. The molecule has 0 bridgehead atoms. The van der Waals surface area contributed by atoms with Crippen molar-refractivity contribution in [1.29, 1.82) is 0 Å². The summed E-state index contributed by atoms with van der Waals surface area (Å²) >= 11 is 0. The molecule has 0 aliphatic rings. The van der Waals surface area contributed by atoms with Crippen LogP contribution in [0.3, 0.4) is 0 Å². The molecule has 0 saturated heterocycles. The van der Waals surface area contributed by atoms with Gasteiger partial charge >= 0.3 is 0 Å². The Labute approximate surface area is 99.5 Å². The summed E-state index contributed by atoms with van der Waals surface area (Å²) in [5.74, 6) is 0.631. The Morgan fingerprint density at radius 3 is 2.56 bits per heavy atom. The molecule has 16 heavy (non-hydrogen) atoms. The topological polar surface area (TPSA) is 20.2 Å². The smallest absolute Gasteiger partial charge is 0.0546 e. The molecular formula is C15H24O. The van der Waals surface area contributed by atoms with Crippen molar-refractivity contribution in [1.82, 2.24) is 0 Å². The Kier molecular flexibility index (Phi) is 5.54. The fourth-order valence-corrected chi connectivity index (χ4v) is 1.96. The van der Waals surface area contributed by atoms with Crippen LogP contribution in [0.15, 0.2) is 24.3 Å². The second-order valence-electron chi connectivity index (χ2n) is 4.87. The quantitative estimate of drug-likeness (QED) is 0.774. The first-order chi connectivity index (χ1) is 7.63. The Bertz CT molecular complexity index is 306. The number of aliphatic hydroxyl groups is 1. The minimum atomic E-state index is -0.144. The van der Waals surface area contributed by atoms with Gasteiger partial charge in [-0.1, -0.05) is 44.5 Å². The third kappa shape index (κ3) is 4.36. The number of rotatable bonds is 6. The normalized spacial score (nSPS) is 14.8. The summed E-state index contributed by atoms with van der Waals surface area (Å²) in [7, 11) is 0. The van der Waals surface area contributed by atoms with E-state index < -0.39 is 0 Å². The Hall–Kier alpha value is -0.820. The van der Waals surface area contributed by atoms with Gasteiger partial charge in [0.1, 0.15) is 0 Å². The van der Waals surface area contributed by atoms with E-state index in [1.165, 1.54) is 11.1 Å². The molecule has 0 aliphatic heterocycles. The molecule has 0 amide bonds. The third-order valence-corrected chi connectivity index (χ3v) is 3.38. The maximum absolute atomic E-state index is 9.90. The van der Waals surface area contributed by atoms with Crippen molar-refractivity contribution < 1.29 is 5.11 Å². The highest BCUT2D eigenvalue weighted by Gasteiger charge is 2.09. The molecule has 0 saturated carbocycles. The van der Waals surface area contributed by atoms with E-state index in [1.807, 2.05) is 0 Å². The van der Waals surface area contributed by atoms with Crippen LogP contribution in [-0.2, 0) is 6.42 Å². The van der Waals surface area contributed by atoms with Crippen molar-refractivity contribution in [3.05, 3.63) is 35.4 Å². The van der Waals surface area contributed by atoms with Gasteiger partial charge in [0, 0.05) is 0 Å². The van der Waals surface area contributed by atoms with Crippen LogP contribution in [0.1, 0.15) is 44.2 Å². The van der Waals surface area contributed by atoms with Crippen LogP contribution in [0.2, 0.25) is 0 Å².